The maximum atomic E-state index is 11.2. The maximum absolute atomic E-state index is 11.2. The molecule has 1 atom stereocenters. The lowest BCUT2D eigenvalue weighted by Gasteiger charge is -2.35. The molecule has 0 N–H and O–H groups in total. The number of halogens is 1. The molecule has 0 saturated heterocycles. The molecule has 146 valence electrons. The summed E-state index contributed by atoms with van der Waals surface area (Å²) in [6.45, 7) is 2.24. The van der Waals surface area contributed by atoms with E-state index < -0.39 is 10.6 Å². The number of fused-ring (bicyclic) bond motifs is 1. The highest BCUT2D eigenvalue weighted by Gasteiger charge is 2.40. The lowest BCUT2D eigenvalue weighted by Crippen LogP contribution is -2.40. The van der Waals surface area contributed by atoms with Gasteiger partial charge in [0.05, 0.1) is 10.4 Å². The molecule has 0 aliphatic heterocycles. The van der Waals surface area contributed by atoms with Gasteiger partial charge in [0.2, 0.25) is 5.72 Å². The standard InChI is InChI=1S/C21H17ClN4O3/c1-2-29-21(15-8-4-3-5-9-15,16-12-13-19(26(27)28)17(22)14-16)25-20-11-7-6-10-18(20)23-24-25/h3-14H,2H2,1H3. The molecule has 0 amide bonds. The fraction of sp³-hybridized carbons (Fsp3) is 0.143. The average Bonchev–Trinajstić information content (AvgIpc) is 3.17. The monoisotopic (exact) mass is 408 g/mol. The molecule has 7 nitrogen and oxygen atoms in total. The summed E-state index contributed by atoms with van der Waals surface area (Å²) in [5, 5.41) is 19.9. The SMILES string of the molecule is CCOC(c1ccccc1)(c1ccc([N+](=O)[O-])c(Cl)c1)n1nnc2ccccc21. The number of hydrogen-bond acceptors (Lipinski definition) is 5. The molecule has 1 aromatic heterocycles. The first-order chi connectivity index (χ1) is 14.1. The van der Waals surface area contributed by atoms with Crippen molar-refractivity contribution in [1.29, 1.82) is 0 Å². The van der Waals surface area contributed by atoms with Gasteiger partial charge in [0.15, 0.2) is 0 Å². The molecule has 29 heavy (non-hydrogen) atoms. The second kappa shape index (κ2) is 7.62. The number of nitro groups is 1. The quantitative estimate of drug-likeness (QED) is 0.338. The molecular formula is C21H17ClN4O3. The lowest BCUT2D eigenvalue weighted by atomic mass is 9.93. The van der Waals surface area contributed by atoms with Gasteiger partial charge in [-0.25, -0.2) is 4.68 Å². The number of para-hydroxylation sites is 1. The van der Waals surface area contributed by atoms with Gasteiger partial charge in [0.1, 0.15) is 10.5 Å². The molecular weight excluding hydrogens is 392 g/mol. The highest BCUT2D eigenvalue weighted by atomic mass is 35.5. The Morgan fingerprint density at radius 1 is 1.07 bits per heavy atom. The molecule has 1 heterocycles. The van der Waals surface area contributed by atoms with Gasteiger partial charge < -0.3 is 4.74 Å². The summed E-state index contributed by atoms with van der Waals surface area (Å²) in [7, 11) is 0. The first-order valence-electron chi connectivity index (χ1n) is 9.02. The van der Waals surface area contributed by atoms with E-state index in [9.17, 15) is 10.1 Å². The van der Waals surface area contributed by atoms with E-state index in [-0.39, 0.29) is 10.7 Å². The molecule has 0 fully saturated rings. The van der Waals surface area contributed by atoms with Crippen molar-refractivity contribution in [2.24, 2.45) is 0 Å². The van der Waals surface area contributed by atoms with E-state index in [4.69, 9.17) is 16.3 Å². The van der Waals surface area contributed by atoms with Crippen LogP contribution in [0.5, 0.6) is 0 Å². The van der Waals surface area contributed by atoms with Crippen molar-refractivity contribution >= 4 is 28.3 Å². The second-order valence-electron chi connectivity index (χ2n) is 6.36. The minimum atomic E-state index is -1.20. The molecule has 3 aromatic carbocycles. The molecule has 0 aliphatic rings. The third-order valence-electron chi connectivity index (χ3n) is 4.70. The largest absolute Gasteiger partial charge is 0.346 e. The van der Waals surface area contributed by atoms with Crippen molar-refractivity contribution in [3.63, 3.8) is 0 Å². The minimum absolute atomic E-state index is 0.0249. The number of rotatable bonds is 6. The molecule has 4 rings (SSSR count). The summed E-state index contributed by atoms with van der Waals surface area (Å²) < 4.78 is 8.03. The van der Waals surface area contributed by atoms with Crippen molar-refractivity contribution in [3.05, 3.63) is 99.1 Å². The molecule has 0 saturated carbocycles. The van der Waals surface area contributed by atoms with Crippen LogP contribution in [0.25, 0.3) is 11.0 Å². The van der Waals surface area contributed by atoms with Crippen molar-refractivity contribution in [2.75, 3.05) is 6.61 Å². The summed E-state index contributed by atoms with van der Waals surface area (Å²) in [6, 6.07) is 21.7. The maximum Gasteiger partial charge on any atom is 0.287 e. The molecule has 4 aromatic rings. The van der Waals surface area contributed by atoms with Gasteiger partial charge in [-0.05, 0) is 31.2 Å². The number of benzene rings is 3. The number of ether oxygens (including phenoxy) is 1. The van der Waals surface area contributed by atoms with Crippen LogP contribution in [-0.4, -0.2) is 26.5 Å². The van der Waals surface area contributed by atoms with E-state index in [1.807, 2.05) is 61.5 Å². The van der Waals surface area contributed by atoms with Crippen LogP contribution < -0.4 is 0 Å². The second-order valence-corrected chi connectivity index (χ2v) is 6.76. The van der Waals surface area contributed by atoms with E-state index in [0.29, 0.717) is 17.7 Å². The third-order valence-corrected chi connectivity index (χ3v) is 5.01. The van der Waals surface area contributed by atoms with Crippen LogP contribution in [0, 0.1) is 10.1 Å². The van der Waals surface area contributed by atoms with Crippen LogP contribution in [0.3, 0.4) is 0 Å². The van der Waals surface area contributed by atoms with Gasteiger partial charge in [-0.3, -0.25) is 10.1 Å². The van der Waals surface area contributed by atoms with Crippen molar-refractivity contribution in [3.8, 4) is 0 Å². The average molecular weight is 409 g/mol. The Morgan fingerprint density at radius 3 is 2.48 bits per heavy atom. The van der Waals surface area contributed by atoms with Crippen LogP contribution in [0.15, 0.2) is 72.8 Å². The van der Waals surface area contributed by atoms with Crippen LogP contribution >= 0.6 is 11.6 Å². The zero-order chi connectivity index (χ0) is 20.4. The normalized spacial score (nSPS) is 13.3. The molecule has 0 bridgehead atoms. The van der Waals surface area contributed by atoms with E-state index >= 15 is 0 Å². The van der Waals surface area contributed by atoms with Crippen LogP contribution in [0.2, 0.25) is 5.02 Å². The van der Waals surface area contributed by atoms with E-state index in [1.54, 1.807) is 16.8 Å². The Kier molecular flexibility index (Phi) is 5.00. The van der Waals surface area contributed by atoms with Crippen LogP contribution in [0.4, 0.5) is 5.69 Å². The number of hydrogen-bond donors (Lipinski definition) is 0. The zero-order valence-electron chi connectivity index (χ0n) is 15.5. The third kappa shape index (κ3) is 3.14. The molecule has 0 spiro atoms. The van der Waals surface area contributed by atoms with E-state index in [2.05, 4.69) is 10.3 Å². The van der Waals surface area contributed by atoms with Gasteiger partial charge >= 0.3 is 0 Å². The Bertz CT molecular complexity index is 1180. The van der Waals surface area contributed by atoms with Gasteiger partial charge in [0, 0.05) is 23.8 Å². The number of nitrogens with zero attached hydrogens (tertiary/aromatic N) is 4. The topological polar surface area (TPSA) is 83.1 Å². The van der Waals surface area contributed by atoms with Gasteiger partial charge in [-0.1, -0.05) is 59.3 Å². The van der Waals surface area contributed by atoms with Gasteiger partial charge in [-0.2, -0.15) is 0 Å². The van der Waals surface area contributed by atoms with Crippen molar-refractivity contribution in [2.45, 2.75) is 12.6 Å². The van der Waals surface area contributed by atoms with Gasteiger partial charge in [-0.15, -0.1) is 5.10 Å². The van der Waals surface area contributed by atoms with Gasteiger partial charge in [0.25, 0.3) is 5.69 Å². The Balaban J connectivity index is 2.06. The lowest BCUT2D eigenvalue weighted by molar-refractivity contribution is -0.384. The van der Waals surface area contributed by atoms with E-state index in [1.165, 1.54) is 6.07 Å². The Morgan fingerprint density at radius 2 is 1.79 bits per heavy atom. The fourth-order valence-electron chi connectivity index (χ4n) is 3.48. The first kappa shape index (κ1) is 19.0. The molecule has 0 aliphatic carbocycles. The minimum Gasteiger partial charge on any atom is -0.346 e. The Hall–Kier alpha value is -3.29. The molecule has 0 radical (unpaired) electrons. The number of nitro benzene ring substituents is 1. The first-order valence-corrected chi connectivity index (χ1v) is 9.40. The molecule has 1 unspecified atom stereocenters. The predicted octanol–water partition coefficient (Wildman–Crippen LogP) is 4.78. The highest BCUT2D eigenvalue weighted by Crippen LogP contribution is 2.39. The summed E-state index contributed by atoms with van der Waals surface area (Å²) in [5.74, 6) is 0. The highest BCUT2D eigenvalue weighted by molar-refractivity contribution is 6.32. The summed E-state index contributed by atoms with van der Waals surface area (Å²) in [5.41, 5.74) is 1.50. The summed E-state index contributed by atoms with van der Waals surface area (Å²) in [6.07, 6.45) is 0. The number of aromatic nitrogens is 3. The van der Waals surface area contributed by atoms with Crippen molar-refractivity contribution in [1.82, 2.24) is 15.0 Å². The fourth-order valence-corrected chi connectivity index (χ4v) is 3.73. The molecule has 8 heteroatoms. The van der Waals surface area contributed by atoms with E-state index in [0.717, 1.165) is 11.1 Å². The zero-order valence-corrected chi connectivity index (χ0v) is 16.3. The smallest absolute Gasteiger partial charge is 0.287 e. The summed E-state index contributed by atoms with van der Waals surface area (Å²) >= 11 is 6.26. The van der Waals surface area contributed by atoms with Crippen molar-refractivity contribution < 1.29 is 9.66 Å². The predicted molar refractivity (Wildman–Crippen MR) is 110 cm³/mol. The van der Waals surface area contributed by atoms with Crippen LogP contribution in [-0.2, 0) is 10.5 Å². The summed E-state index contributed by atoms with van der Waals surface area (Å²) in [4.78, 5) is 10.7. The van der Waals surface area contributed by atoms with Crippen LogP contribution in [0.1, 0.15) is 18.1 Å². The Labute approximate surface area is 171 Å².